The summed E-state index contributed by atoms with van der Waals surface area (Å²) in [6.07, 6.45) is 3.66. The van der Waals surface area contributed by atoms with Gasteiger partial charge in [0.05, 0.1) is 16.8 Å². The van der Waals surface area contributed by atoms with E-state index >= 15 is 0 Å². The Morgan fingerprint density at radius 1 is 1.30 bits per heavy atom. The van der Waals surface area contributed by atoms with Crippen LogP contribution in [0.4, 0.5) is 5.13 Å². The predicted octanol–water partition coefficient (Wildman–Crippen LogP) is 3.39. The summed E-state index contributed by atoms with van der Waals surface area (Å²) < 4.78 is 7.11. The van der Waals surface area contributed by atoms with Crippen molar-refractivity contribution >= 4 is 32.6 Å². The van der Waals surface area contributed by atoms with Crippen molar-refractivity contribution in [3.05, 3.63) is 47.8 Å². The van der Waals surface area contributed by atoms with Gasteiger partial charge in [-0.05, 0) is 49.4 Å². The lowest BCUT2D eigenvalue weighted by Gasteiger charge is -2.31. The summed E-state index contributed by atoms with van der Waals surface area (Å²) in [5.74, 6) is 0.589. The Morgan fingerprint density at radius 3 is 2.89 bits per heavy atom. The summed E-state index contributed by atoms with van der Waals surface area (Å²) in [4.78, 5) is 22.3. The van der Waals surface area contributed by atoms with Crippen LogP contribution in [-0.4, -0.2) is 35.6 Å². The van der Waals surface area contributed by atoms with Crippen LogP contribution in [0.3, 0.4) is 0 Å². The van der Waals surface area contributed by atoms with Crippen LogP contribution in [0.2, 0.25) is 0 Å². The third-order valence-corrected chi connectivity index (χ3v) is 5.97. The molecule has 1 aliphatic rings. The molecule has 2 aromatic heterocycles. The fraction of sp³-hybridized carbons (Fsp3) is 0.350. The van der Waals surface area contributed by atoms with Crippen LogP contribution in [-0.2, 0) is 0 Å². The van der Waals surface area contributed by atoms with Crippen LogP contribution in [0.5, 0.6) is 5.75 Å². The zero-order valence-electron chi connectivity index (χ0n) is 15.2. The maximum absolute atomic E-state index is 11.2. The molecule has 0 bridgehead atoms. The SMILES string of the molecule is Cc1ccc2nc(N3CCC(COc4ccnc(C(N)=O)c4)CC3)sc2c1. The van der Waals surface area contributed by atoms with Gasteiger partial charge in [-0.3, -0.25) is 9.78 Å². The molecule has 0 aliphatic carbocycles. The molecule has 0 unspecified atom stereocenters. The van der Waals surface area contributed by atoms with Crippen LogP contribution < -0.4 is 15.4 Å². The standard InChI is InChI=1S/C20H22N4O2S/c1-13-2-3-16-18(10-13)27-20(23-16)24-8-5-14(6-9-24)12-26-15-4-7-22-17(11-15)19(21)25/h2-4,7,10-11,14H,5-6,8-9,12H2,1H3,(H2,21,25). The van der Waals surface area contributed by atoms with Gasteiger partial charge >= 0.3 is 0 Å². The van der Waals surface area contributed by atoms with Crippen molar-refractivity contribution in [2.24, 2.45) is 11.7 Å². The summed E-state index contributed by atoms with van der Waals surface area (Å²) in [7, 11) is 0. The van der Waals surface area contributed by atoms with E-state index in [0.29, 0.717) is 18.3 Å². The van der Waals surface area contributed by atoms with Crippen LogP contribution in [0, 0.1) is 12.8 Å². The Labute approximate surface area is 162 Å². The average molecular weight is 382 g/mol. The van der Waals surface area contributed by atoms with Gasteiger partial charge < -0.3 is 15.4 Å². The number of hydrogen-bond donors (Lipinski definition) is 1. The van der Waals surface area contributed by atoms with Crippen molar-refractivity contribution in [1.29, 1.82) is 0 Å². The number of nitrogens with zero attached hydrogens (tertiary/aromatic N) is 3. The number of piperidine rings is 1. The highest BCUT2D eigenvalue weighted by atomic mass is 32.1. The minimum absolute atomic E-state index is 0.230. The lowest BCUT2D eigenvalue weighted by molar-refractivity contribution is 0.0995. The van der Waals surface area contributed by atoms with Crippen LogP contribution >= 0.6 is 11.3 Å². The van der Waals surface area contributed by atoms with Gasteiger partial charge in [0, 0.05) is 25.4 Å². The number of aryl methyl sites for hydroxylation is 1. The van der Waals surface area contributed by atoms with E-state index in [0.717, 1.165) is 36.6 Å². The first-order chi connectivity index (χ1) is 13.1. The maximum Gasteiger partial charge on any atom is 0.267 e. The average Bonchev–Trinajstić information content (AvgIpc) is 3.10. The van der Waals surface area contributed by atoms with Gasteiger partial charge in [-0.2, -0.15) is 0 Å². The number of carbonyl (C=O) groups is 1. The molecule has 0 saturated carbocycles. The monoisotopic (exact) mass is 382 g/mol. The summed E-state index contributed by atoms with van der Waals surface area (Å²) in [6.45, 7) is 4.71. The number of primary amides is 1. The van der Waals surface area contributed by atoms with Gasteiger partial charge in [0.2, 0.25) is 0 Å². The number of rotatable bonds is 5. The number of carbonyl (C=O) groups excluding carboxylic acids is 1. The minimum atomic E-state index is -0.542. The molecule has 6 nitrogen and oxygen atoms in total. The third kappa shape index (κ3) is 4.03. The Bertz CT molecular complexity index is 964. The molecule has 1 fully saturated rings. The Kier molecular flexibility index (Phi) is 4.94. The number of anilines is 1. The van der Waals surface area contributed by atoms with Gasteiger partial charge in [0.15, 0.2) is 5.13 Å². The lowest BCUT2D eigenvalue weighted by atomic mass is 9.98. The number of benzene rings is 1. The molecular weight excluding hydrogens is 360 g/mol. The van der Waals surface area contributed by atoms with E-state index < -0.39 is 5.91 Å². The Hall–Kier alpha value is -2.67. The molecule has 27 heavy (non-hydrogen) atoms. The first kappa shape index (κ1) is 17.7. The Balaban J connectivity index is 1.33. The van der Waals surface area contributed by atoms with Crippen LogP contribution in [0.1, 0.15) is 28.9 Å². The van der Waals surface area contributed by atoms with E-state index in [-0.39, 0.29) is 5.69 Å². The largest absolute Gasteiger partial charge is 0.493 e. The maximum atomic E-state index is 11.2. The number of ether oxygens (including phenoxy) is 1. The summed E-state index contributed by atoms with van der Waals surface area (Å²) in [5, 5.41) is 1.11. The predicted molar refractivity (Wildman–Crippen MR) is 108 cm³/mol. The van der Waals surface area contributed by atoms with E-state index in [1.165, 1.54) is 10.3 Å². The number of nitrogens with two attached hydrogens (primary N) is 1. The molecule has 1 aliphatic heterocycles. The van der Waals surface area contributed by atoms with Crippen LogP contribution in [0.15, 0.2) is 36.5 Å². The highest BCUT2D eigenvalue weighted by molar-refractivity contribution is 7.22. The van der Waals surface area contributed by atoms with Crippen molar-refractivity contribution in [1.82, 2.24) is 9.97 Å². The second-order valence-electron chi connectivity index (χ2n) is 6.95. The highest BCUT2D eigenvalue weighted by Gasteiger charge is 2.22. The summed E-state index contributed by atoms with van der Waals surface area (Å²) in [5.41, 5.74) is 7.84. The number of pyridine rings is 1. The topological polar surface area (TPSA) is 81.3 Å². The second-order valence-corrected chi connectivity index (χ2v) is 7.96. The first-order valence-electron chi connectivity index (χ1n) is 9.09. The first-order valence-corrected chi connectivity index (χ1v) is 9.91. The van der Waals surface area contributed by atoms with Crippen molar-refractivity contribution in [3.63, 3.8) is 0 Å². The minimum Gasteiger partial charge on any atom is -0.493 e. The molecular formula is C20H22N4O2S. The van der Waals surface area contributed by atoms with Crippen molar-refractivity contribution in [2.45, 2.75) is 19.8 Å². The fourth-order valence-corrected chi connectivity index (χ4v) is 4.41. The highest BCUT2D eigenvalue weighted by Crippen LogP contribution is 2.32. The molecule has 1 aromatic carbocycles. The molecule has 7 heteroatoms. The van der Waals surface area contributed by atoms with E-state index in [1.807, 2.05) is 0 Å². The van der Waals surface area contributed by atoms with Gasteiger partial charge in [-0.25, -0.2) is 4.98 Å². The molecule has 0 atom stereocenters. The lowest BCUT2D eigenvalue weighted by Crippen LogP contribution is -2.35. The van der Waals surface area contributed by atoms with Crippen molar-refractivity contribution < 1.29 is 9.53 Å². The van der Waals surface area contributed by atoms with Crippen molar-refractivity contribution in [2.75, 3.05) is 24.6 Å². The molecule has 3 heterocycles. The van der Waals surface area contributed by atoms with E-state index in [9.17, 15) is 4.79 Å². The number of thiazole rings is 1. The van der Waals surface area contributed by atoms with Gasteiger partial charge in [-0.15, -0.1) is 0 Å². The second kappa shape index (κ2) is 7.52. The molecule has 0 spiro atoms. The molecule has 4 rings (SSSR count). The number of amides is 1. The molecule has 1 saturated heterocycles. The summed E-state index contributed by atoms with van der Waals surface area (Å²) in [6, 6.07) is 9.76. The van der Waals surface area contributed by atoms with Gasteiger partial charge in [-0.1, -0.05) is 17.4 Å². The molecule has 0 radical (unpaired) electrons. The number of fused-ring (bicyclic) bond motifs is 1. The molecule has 3 aromatic rings. The van der Waals surface area contributed by atoms with E-state index in [4.69, 9.17) is 15.5 Å². The van der Waals surface area contributed by atoms with E-state index in [2.05, 4.69) is 35.0 Å². The van der Waals surface area contributed by atoms with Crippen molar-refractivity contribution in [3.8, 4) is 5.75 Å². The number of hydrogen-bond acceptors (Lipinski definition) is 6. The molecule has 140 valence electrons. The fourth-order valence-electron chi connectivity index (χ4n) is 3.30. The zero-order valence-corrected chi connectivity index (χ0v) is 16.0. The van der Waals surface area contributed by atoms with Crippen LogP contribution in [0.25, 0.3) is 10.2 Å². The van der Waals surface area contributed by atoms with Gasteiger partial charge in [0.1, 0.15) is 11.4 Å². The smallest absolute Gasteiger partial charge is 0.267 e. The third-order valence-electron chi connectivity index (χ3n) is 4.89. The Morgan fingerprint density at radius 2 is 2.11 bits per heavy atom. The van der Waals surface area contributed by atoms with E-state index in [1.54, 1.807) is 29.7 Å². The zero-order chi connectivity index (χ0) is 18.8. The normalized spacial score (nSPS) is 15.2. The number of aromatic nitrogens is 2. The summed E-state index contributed by atoms with van der Waals surface area (Å²) >= 11 is 1.77. The molecule has 2 N–H and O–H groups in total. The van der Waals surface area contributed by atoms with Gasteiger partial charge in [0.25, 0.3) is 5.91 Å². The molecule has 1 amide bonds. The quantitative estimate of drug-likeness (QED) is 0.731.